The Labute approximate surface area is 105 Å². The summed E-state index contributed by atoms with van der Waals surface area (Å²) in [5.41, 5.74) is 5.70. The monoisotopic (exact) mass is 278 g/mol. The Morgan fingerprint density at radius 2 is 2.06 bits per heavy atom. The average molecular weight is 278 g/mol. The molecule has 0 radical (unpaired) electrons. The highest BCUT2D eigenvalue weighted by Gasteiger charge is 2.17. The van der Waals surface area contributed by atoms with Crippen LogP contribution in [0.5, 0.6) is 0 Å². The fourth-order valence-electron chi connectivity index (χ4n) is 1.47. The second kappa shape index (κ2) is 6.21. The maximum atomic E-state index is 13.5. The normalized spacial score (nSPS) is 11.8. The molecule has 0 aliphatic rings. The van der Waals surface area contributed by atoms with E-state index in [9.17, 15) is 17.2 Å². The topological polar surface area (TPSA) is 72.2 Å². The molecule has 0 atom stereocenters. The smallest absolute Gasteiger partial charge is 0.240 e. The highest BCUT2D eigenvalue weighted by Crippen LogP contribution is 2.18. The van der Waals surface area contributed by atoms with Gasteiger partial charge in [-0.15, -0.1) is 0 Å². The van der Waals surface area contributed by atoms with Crippen LogP contribution in [0.2, 0.25) is 0 Å². The van der Waals surface area contributed by atoms with Crippen LogP contribution in [0.1, 0.15) is 17.5 Å². The van der Waals surface area contributed by atoms with Gasteiger partial charge in [-0.25, -0.2) is 17.5 Å². The van der Waals surface area contributed by atoms with E-state index in [0.29, 0.717) is 0 Å². The van der Waals surface area contributed by atoms with E-state index >= 15 is 0 Å². The van der Waals surface area contributed by atoms with Gasteiger partial charge in [0.05, 0.1) is 11.6 Å². The largest absolute Gasteiger partial charge is 0.326 e. The molecule has 7 heteroatoms. The van der Waals surface area contributed by atoms with Crippen LogP contribution in [-0.4, -0.2) is 21.6 Å². The van der Waals surface area contributed by atoms with Crippen LogP contribution >= 0.6 is 0 Å². The third kappa shape index (κ3) is 3.47. The number of halogens is 2. The molecule has 0 spiro atoms. The summed E-state index contributed by atoms with van der Waals surface area (Å²) in [5, 5.41) is 0. The van der Waals surface area contributed by atoms with E-state index in [4.69, 9.17) is 5.73 Å². The van der Waals surface area contributed by atoms with E-state index in [0.717, 1.165) is 0 Å². The first-order valence-corrected chi connectivity index (χ1v) is 6.95. The molecule has 0 amide bonds. The van der Waals surface area contributed by atoms with Crippen LogP contribution < -0.4 is 10.5 Å². The highest BCUT2D eigenvalue weighted by molar-refractivity contribution is 7.89. The lowest BCUT2D eigenvalue weighted by Gasteiger charge is -2.10. The van der Waals surface area contributed by atoms with Gasteiger partial charge in [-0.1, -0.05) is 0 Å². The molecule has 0 bridgehead atoms. The van der Waals surface area contributed by atoms with Crippen LogP contribution in [0.3, 0.4) is 0 Å². The molecule has 1 rings (SSSR count). The van der Waals surface area contributed by atoms with Gasteiger partial charge in [0.25, 0.3) is 0 Å². The molecule has 0 heterocycles. The Morgan fingerprint density at radius 3 is 2.61 bits per heavy atom. The number of benzene rings is 1. The summed E-state index contributed by atoms with van der Waals surface area (Å²) in [7, 11) is -3.74. The minimum Gasteiger partial charge on any atom is -0.326 e. The molecule has 0 aliphatic carbocycles. The second-order valence-corrected chi connectivity index (χ2v) is 5.62. The lowest BCUT2D eigenvalue weighted by molar-refractivity contribution is 0.470. The zero-order valence-corrected chi connectivity index (χ0v) is 10.9. The number of nitrogens with two attached hydrogens (primary N) is 1. The first kappa shape index (κ1) is 15.0. The fraction of sp³-hybridized carbons (Fsp3) is 0.455. The van der Waals surface area contributed by atoms with Gasteiger partial charge in [0.1, 0.15) is 5.82 Å². The van der Waals surface area contributed by atoms with Crippen molar-refractivity contribution in [2.75, 3.05) is 13.2 Å². The van der Waals surface area contributed by atoms with Crippen LogP contribution in [0.4, 0.5) is 8.78 Å². The molecule has 0 saturated carbocycles. The molecule has 0 fully saturated rings. The predicted molar refractivity (Wildman–Crippen MR) is 64.8 cm³/mol. The van der Waals surface area contributed by atoms with Crippen molar-refractivity contribution in [3.05, 3.63) is 29.1 Å². The lowest BCUT2D eigenvalue weighted by Crippen LogP contribution is -2.25. The molecule has 0 aliphatic heterocycles. The van der Waals surface area contributed by atoms with Gasteiger partial charge in [-0.2, -0.15) is 0 Å². The summed E-state index contributed by atoms with van der Waals surface area (Å²) < 4.78 is 51.4. The fourth-order valence-corrected chi connectivity index (χ4v) is 2.68. The van der Waals surface area contributed by atoms with Gasteiger partial charge in [-0.3, -0.25) is 4.39 Å². The summed E-state index contributed by atoms with van der Waals surface area (Å²) in [5.74, 6) is -0.500. The highest BCUT2D eigenvalue weighted by atomic mass is 32.2. The quantitative estimate of drug-likeness (QED) is 0.769. The third-order valence-corrected chi connectivity index (χ3v) is 3.88. The SMILES string of the molecule is Cc1cc(S(=O)(=O)NCCCF)cc(CN)c1F. The average Bonchev–Trinajstić information content (AvgIpc) is 2.32. The van der Waals surface area contributed by atoms with E-state index in [-0.39, 0.29) is 35.5 Å². The van der Waals surface area contributed by atoms with Gasteiger partial charge in [0.15, 0.2) is 0 Å². The summed E-state index contributed by atoms with van der Waals surface area (Å²) in [4.78, 5) is -0.0549. The Kier molecular flexibility index (Phi) is 5.18. The van der Waals surface area contributed by atoms with Crippen molar-refractivity contribution in [2.45, 2.75) is 24.8 Å². The molecule has 4 nitrogen and oxygen atoms in total. The van der Waals surface area contributed by atoms with Gasteiger partial charge < -0.3 is 5.73 Å². The number of nitrogens with one attached hydrogen (secondary N) is 1. The number of alkyl halides is 1. The Morgan fingerprint density at radius 1 is 1.39 bits per heavy atom. The zero-order chi connectivity index (χ0) is 13.8. The first-order valence-electron chi connectivity index (χ1n) is 5.47. The van der Waals surface area contributed by atoms with Crippen molar-refractivity contribution in [3.8, 4) is 0 Å². The molecule has 18 heavy (non-hydrogen) atoms. The van der Waals surface area contributed by atoms with Crippen LogP contribution in [0.15, 0.2) is 17.0 Å². The minimum atomic E-state index is -3.74. The lowest BCUT2D eigenvalue weighted by atomic mass is 10.1. The number of hydrogen-bond acceptors (Lipinski definition) is 3. The first-order chi connectivity index (χ1) is 8.42. The van der Waals surface area contributed by atoms with Crippen molar-refractivity contribution in [3.63, 3.8) is 0 Å². The van der Waals surface area contributed by atoms with Gasteiger partial charge in [0.2, 0.25) is 10.0 Å². The van der Waals surface area contributed by atoms with Gasteiger partial charge in [-0.05, 0) is 31.0 Å². The number of hydrogen-bond donors (Lipinski definition) is 2. The number of rotatable bonds is 6. The minimum absolute atomic E-state index is 0.00716. The van der Waals surface area contributed by atoms with E-state index in [1.54, 1.807) is 0 Å². The van der Waals surface area contributed by atoms with Crippen molar-refractivity contribution < 1.29 is 17.2 Å². The molecule has 3 N–H and O–H groups in total. The Hall–Kier alpha value is -1.05. The molecule has 0 aromatic heterocycles. The van der Waals surface area contributed by atoms with E-state index < -0.39 is 22.5 Å². The van der Waals surface area contributed by atoms with Crippen molar-refractivity contribution >= 4 is 10.0 Å². The summed E-state index contributed by atoms with van der Waals surface area (Å²) in [6, 6.07) is 2.42. The van der Waals surface area contributed by atoms with E-state index in [1.165, 1.54) is 19.1 Å². The van der Waals surface area contributed by atoms with Gasteiger partial charge in [0, 0.05) is 18.7 Å². The van der Waals surface area contributed by atoms with Crippen LogP contribution in [0.25, 0.3) is 0 Å². The van der Waals surface area contributed by atoms with Crippen molar-refractivity contribution in [1.29, 1.82) is 0 Å². The predicted octanol–water partition coefficient (Wildman–Crippen LogP) is 1.23. The molecule has 0 saturated heterocycles. The number of aryl methyl sites for hydroxylation is 1. The van der Waals surface area contributed by atoms with Crippen molar-refractivity contribution in [2.24, 2.45) is 5.73 Å². The summed E-state index contributed by atoms with van der Waals surface area (Å²) in [6.07, 6.45) is 0.100. The van der Waals surface area contributed by atoms with Crippen LogP contribution in [0, 0.1) is 12.7 Å². The van der Waals surface area contributed by atoms with Crippen LogP contribution in [-0.2, 0) is 16.6 Å². The van der Waals surface area contributed by atoms with Crippen molar-refractivity contribution in [1.82, 2.24) is 4.72 Å². The maximum absolute atomic E-state index is 13.5. The van der Waals surface area contributed by atoms with Gasteiger partial charge >= 0.3 is 0 Å². The molecule has 1 aromatic carbocycles. The Balaban J connectivity index is 3.05. The van der Waals surface area contributed by atoms with E-state index in [1.807, 2.05) is 0 Å². The summed E-state index contributed by atoms with van der Waals surface area (Å²) in [6.45, 7) is 0.793. The molecular weight excluding hydrogens is 262 g/mol. The second-order valence-electron chi connectivity index (χ2n) is 3.86. The maximum Gasteiger partial charge on any atom is 0.240 e. The molecule has 0 unspecified atom stereocenters. The summed E-state index contributed by atoms with van der Waals surface area (Å²) >= 11 is 0. The molecule has 102 valence electrons. The number of sulfonamides is 1. The standard InChI is InChI=1S/C11H16F2N2O2S/c1-8-5-10(6-9(7-14)11(8)13)18(16,17)15-4-2-3-12/h5-6,15H,2-4,7,14H2,1H3. The zero-order valence-electron chi connectivity index (χ0n) is 10.0. The third-order valence-electron chi connectivity index (χ3n) is 2.44. The molecular formula is C11H16F2N2O2S. The Bertz CT molecular complexity index is 518. The van der Waals surface area contributed by atoms with E-state index in [2.05, 4.69) is 4.72 Å². The molecule has 1 aromatic rings.